The van der Waals surface area contributed by atoms with Gasteiger partial charge in [0.15, 0.2) is 5.11 Å². The Morgan fingerprint density at radius 3 is 2.48 bits per heavy atom. The van der Waals surface area contributed by atoms with Gasteiger partial charge in [-0.05, 0) is 60.7 Å². The summed E-state index contributed by atoms with van der Waals surface area (Å²) in [5.41, 5.74) is 8.23. The average molecular weight is 439 g/mol. The fraction of sp³-hybridized carbons (Fsp3) is 0.550. The van der Waals surface area contributed by atoms with E-state index in [1.807, 2.05) is 0 Å². The summed E-state index contributed by atoms with van der Waals surface area (Å²) < 4.78 is 32.0. The molecule has 1 aliphatic carbocycles. The fourth-order valence-corrected chi connectivity index (χ4v) is 5.54. The summed E-state index contributed by atoms with van der Waals surface area (Å²) in [7, 11) is -3.49. The maximum atomic E-state index is 12.7. The van der Waals surface area contributed by atoms with Crippen LogP contribution in [0.3, 0.4) is 0 Å². The minimum atomic E-state index is -3.49. The van der Waals surface area contributed by atoms with E-state index in [9.17, 15) is 8.42 Å². The zero-order chi connectivity index (χ0) is 21.1. The lowest BCUT2D eigenvalue weighted by molar-refractivity contribution is 0.0730. The van der Waals surface area contributed by atoms with Crippen molar-refractivity contribution in [2.75, 3.05) is 31.6 Å². The molecule has 7 nitrogen and oxygen atoms in total. The number of hydrogen-bond acceptors (Lipinski definition) is 5. The molecule has 1 aliphatic heterocycles. The number of thiocarbonyl (C=S) groups is 1. The molecule has 1 aromatic carbocycles. The van der Waals surface area contributed by atoms with Gasteiger partial charge in [0.05, 0.1) is 18.1 Å². The molecule has 29 heavy (non-hydrogen) atoms. The van der Waals surface area contributed by atoms with E-state index in [0.717, 1.165) is 17.8 Å². The van der Waals surface area contributed by atoms with Crippen LogP contribution in [0.4, 0.5) is 5.69 Å². The zero-order valence-electron chi connectivity index (χ0n) is 17.2. The van der Waals surface area contributed by atoms with Crippen molar-refractivity contribution in [1.29, 1.82) is 0 Å². The van der Waals surface area contributed by atoms with E-state index in [0.29, 0.717) is 37.3 Å². The van der Waals surface area contributed by atoms with Crippen LogP contribution in [0, 0.1) is 11.3 Å². The lowest BCUT2D eigenvalue weighted by Crippen LogP contribution is -2.41. The summed E-state index contributed by atoms with van der Waals surface area (Å²) in [6.07, 6.45) is 4.39. The van der Waals surface area contributed by atoms with Crippen LogP contribution in [0.25, 0.3) is 0 Å². The Bertz CT molecular complexity index is 860. The van der Waals surface area contributed by atoms with Gasteiger partial charge in [-0.25, -0.2) is 8.42 Å². The van der Waals surface area contributed by atoms with Gasteiger partial charge < -0.3 is 15.5 Å². The third-order valence-corrected chi connectivity index (χ3v) is 7.18. The molecule has 2 aliphatic rings. The number of hydrogen-bond donors (Lipinski definition) is 3. The maximum Gasteiger partial charge on any atom is 0.243 e. The summed E-state index contributed by atoms with van der Waals surface area (Å²) in [4.78, 5) is 0.269. The van der Waals surface area contributed by atoms with Gasteiger partial charge in [0.2, 0.25) is 10.0 Å². The van der Waals surface area contributed by atoms with E-state index in [-0.39, 0.29) is 10.3 Å². The van der Waals surface area contributed by atoms with E-state index in [4.69, 9.17) is 17.0 Å². The van der Waals surface area contributed by atoms with Crippen molar-refractivity contribution in [3.63, 3.8) is 0 Å². The fourth-order valence-electron chi connectivity index (χ4n) is 3.97. The van der Waals surface area contributed by atoms with Crippen LogP contribution in [0.15, 0.2) is 40.9 Å². The number of hydrazine groups is 1. The lowest BCUT2D eigenvalue weighted by atomic mass is 9.76. The molecule has 0 saturated carbocycles. The molecule has 1 heterocycles. The molecule has 1 saturated heterocycles. The molecule has 3 N–H and O–H groups in total. The monoisotopic (exact) mass is 438 g/mol. The van der Waals surface area contributed by atoms with Gasteiger partial charge in [-0.1, -0.05) is 26.8 Å². The average Bonchev–Trinajstić information content (AvgIpc) is 2.66. The smallest absolute Gasteiger partial charge is 0.243 e. The highest BCUT2D eigenvalue weighted by Crippen LogP contribution is 2.35. The van der Waals surface area contributed by atoms with Gasteiger partial charge in [0, 0.05) is 24.5 Å². The number of nitrogens with zero attached hydrogens (tertiary/aromatic N) is 1. The van der Waals surface area contributed by atoms with Gasteiger partial charge in [0.1, 0.15) is 0 Å². The molecule has 1 fully saturated rings. The molecule has 3 rings (SSSR count). The molecule has 0 unspecified atom stereocenters. The Hall–Kier alpha value is -1.68. The highest BCUT2D eigenvalue weighted by Gasteiger charge is 2.26. The molecule has 0 amide bonds. The van der Waals surface area contributed by atoms with Crippen molar-refractivity contribution < 1.29 is 13.2 Å². The van der Waals surface area contributed by atoms with Crippen molar-refractivity contribution >= 4 is 33.0 Å². The topological polar surface area (TPSA) is 82.7 Å². The number of benzene rings is 1. The number of anilines is 1. The predicted octanol–water partition coefficient (Wildman–Crippen LogP) is 2.84. The van der Waals surface area contributed by atoms with Crippen LogP contribution in [0.2, 0.25) is 0 Å². The second kappa shape index (κ2) is 8.99. The number of morpholine rings is 1. The van der Waals surface area contributed by atoms with Crippen LogP contribution < -0.4 is 16.2 Å². The van der Waals surface area contributed by atoms with E-state index in [1.54, 1.807) is 24.3 Å². The number of rotatable bonds is 5. The quantitative estimate of drug-likeness (QED) is 0.482. The van der Waals surface area contributed by atoms with Gasteiger partial charge in [-0.3, -0.25) is 5.43 Å². The van der Waals surface area contributed by atoms with Crippen LogP contribution in [0.5, 0.6) is 0 Å². The first-order chi connectivity index (χ1) is 13.7. The summed E-state index contributed by atoms with van der Waals surface area (Å²) in [6, 6.07) is 6.62. The van der Waals surface area contributed by atoms with Gasteiger partial charge in [-0.15, -0.1) is 0 Å². The van der Waals surface area contributed by atoms with Crippen molar-refractivity contribution in [3.8, 4) is 0 Å². The Balaban J connectivity index is 1.55. The Morgan fingerprint density at radius 1 is 1.21 bits per heavy atom. The van der Waals surface area contributed by atoms with E-state index < -0.39 is 10.0 Å². The molecular formula is C20H30N4O3S2. The third kappa shape index (κ3) is 5.91. The SMILES string of the molecule is C[C@@H]1CC(NNC(=S)Nc2ccc(S(=O)(=O)N3CCOCC3)cc2)=CC(C)(C)C1. The first-order valence-electron chi connectivity index (χ1n) is 9.88. The molecule has 1 atom stereocenters. The van der Waals surface area contributed by atoms with Crippen molar-refractivity contribution in [2.24, 2.45) is 11.3 Å². The molecule has 9 heteroatoms. The molecule has 0 radical (unpaired) electrons. The molecule has 0 spiro atoms. The highest BCUT2D eigenvalue weighted by atomic mass is 32.2. The van der Waals surface area contributed by atoms with Gasteiger partial charge >= 0.3 is 0 Å². The summed E-state index contributed by atoms with van der Waals surface area (Å²) in [5.74, 6) is 0.613. The minimum absolute atomic E-state index is 0.165. The zero-order valence-corrected chi connectivity index (χ0v) is 18.8. The number of allylic oxidation sites excluding steroid dienone is 2. The normalized spacial score (nSPS) is 22.4. The van der Waals surface area contributed by atoms with Gasteiger partial charge in [-0.2, -0.15) is 4.31 Å². The molecule has 0 bridgehead atoms. The Labute approximate surface area is 178 Å². The third-order valence-electron chi connectivity index (χ3n) is 5.06. The molecular weight excluding hydrogens is 408 g/mol. The van der Waals surface area contributed by atoms with E-state index >= 15 is 0 Å². The number of sulfonamides is 1. The Morgan fingerprint density at radius 2 is 1.86 bits per heavy atom. The lowest BCUT2D eigenvalue weighted by Gasteiger charge is -2.32. The van der Waals surface area contributed by atoms with Crippen molar-refractivity contribution in [2.45, 2.75) is 38.5 Å². The summed E-state index contributed by atoms with van der Waals surface area (Å²) >= 11 is 5.35. The second-order valence-electron chi connectivity index (χ2n) is 8.42. The molecule has 1 aromatic rings. The number of ether oxygens (including phenoxy) is 1. The van der Waals surface area contributed by atoms with E-state index in [2.05, 4.69) is 43.0 Å². The van der Waals surface area contributed by atoms with E-state index in [1.165, 1.54) is 10.7 Å². The number of nitrogens with one attached hydrogen (secondary N) is 3. The second-order valence-corrected chi connectivity index (χ2v) is 10.8. The summed E-state index contributed by atoms with van der Waals surface area (Å²) in [6.45, 7) is 8.33. The van der Waals surface area contributed by atoms with Crippen molar-refractivity contribution in [3.05, 3.63) is 36.0 Å². The van der Waals surface area contributed by atoms with Crippen LogP contribution in [-0.4, -0.2) is 44.1 Å². The minimum Gasteiger partial charge on any atom is -0.379 e. The first-order valence-corrected chi connectivity index (χ1v) is 11.7. The summed E-state index contributed by atoms with van der Waals surface area (Å²) in [5, 5.41) is 3.50. The van der Waals surface area contributed by atoms with Crippen LogP contribution >= 0.6 is 12.2 Å². The Kier molecular flexibility index (Phi) is 6.83. The highest BCUT2D eigenvalue weighted by molar-refractivity contribution is 7.89. The molecule has 160 valence electrons. The largest absolute Gasteiger partial charge is 0.379 e. The first kappa shape index (κ1) is 22.0. The molecule has 0 aromatic heterocycles. The van der Waals surface area contributed by atoms with Gasteiger partial charge in [0.25, 0.3) is 0 Å². The van der Waals surface area contributed by atoms with Crippen LogP contribution in [0.1, 0.15) is 33.6 Å². The standard InChI is InChI=1S/C20H30N4O3S2/c1-15-12-17(14-20(2,3)13-15)22-23-19(28)21-16-4-6-18(7-5-16)29(25,26)24-8-10-27-11-9-24/h4-7,14-15,22H,8-13H2,1-3H3,(H2,21,23,28)/t15-/m1/s1. The maximum absolute atomic E-state index is 12.7. The van der Waals surface area contributed by atoms with Crippen molar-refractivity contribution in [1.82, 2.24) is 15.2 Å². The predicted molar refractivity (Wildman–Crippen MR) is 119 cm³/mol. The van der Waals surface area contributed by atoms with Crippen LogP contribution in [-0.2, 0) is 14.8 Å².